The van der Waals surface area contributed by atoms with Gasteiger partial charge in [-0.1, -0.05) is 30.3 Å². The quantitative estimate of drug-likeness (QED) is 0.598. The predicted octanol–water partition coefficient (Wildman–Crippen LogP) is 4.07. The van der Waals surface area contributed by atoms with E-state index in [-0.39, 0.29) is 18.3 Å². The van der Waals surface area contributed by atoms with E-state index in [1.54, 1.807) is 12.5 Å². The van der Waals surface area contributed by atoms with Crippen LogP contribution in [0.3, 0.4) is 0 Å². The lowest BCUT2D eigenvalue weighted by atomic mass is 10.0. The van der Waals surface area contributed by atoms with Crippen molar-refractivity contribution >= 4 is 18.3 Å². The zero-order chi connectivity index (χ0) is 20.1. The highest BCUT2D eigenvalue weighted by Crippen LogP contribution is 2.19. The van der Waals surface area contributed by atoms with Crippen LogP contribution >= 0.6 is 12.4 Å². The van der Waals surface area contributed by atoms with Crippen LogP contribution in [0, 0.1) is 0 Å². The van der Waals surface area contributed by atoms with Gasteiger partial charge < -0.3 is 14.4 Å². The summed E-state index contributed by atoms with van der Waals surface area (Å²) in [6.45, 7) is 2.70. The van der Waals surface area contributed by atoms with Gasteiger partial charge in [0.25, 0.3) is 5.91 Å². The number of likely N-dealkylation sites (N-methyl/N-ethyl adjacent to an activating group) is 1. The summed E-state index contributed by atoms with van der Waals surface area (Å²) in [5, 5.41) is 0. The summed E-state index contributed by atoms with van der Waals surface area (Å²) in [6, 6.07) is 18.9. The van der Waals surface area contributed by atoms with Crippen LogP contribution in [-0.2, 0) is 6.42 Å². The molecule has 1 fully saturated rings. The van der Waals surface area contributed by atoms with E-state index in [2.05, 4.69) is 47.3 Å². The molecule has 0 radical (unpaired) electrons. The molecular weight excluding hydrogens is 396 g/mol. The molecule has 1 aliphatic heterocycles. The molecule has 0 bridgehead atoms. The molecule has 3 aromatic rings. The van der Waals surface area contributed by atoms with Crippen LogP contribution < -0.4 is 0 Å². The summed E-state index contributed by atoms with van der Waals surface area (Å²) in [6.07, 6.45) is 8.54. The van der Waals surface area contributed by atoms with Gasteiger partial charge in [0.15, 0.2) is 0 Å². The lowest BCUT2D eigenvalue weighted by molar-refractivity contribution is 0.0647. The maximum Gasteiger partial charge on any atom is 0.253 e. The molecule has 30 heavy (non-hydrogen) atoms. The van der Waals surface area contributed by atoms with Crippen molar-refractivity contribution in [3.8, 4) is 5.69 Å². The van der Waals surface area contributed by atoms with Crippen molar-refractivity contribution < 1.29 is 4.79 Å². The number of hydrogen-bond acceptors (Lipinski definition) is 3. The Morgan fingerprint density at radius 2 is 1.77 bits per heavy atom. The van der Waals surface area contributed by atoms with Crippen LogP contribution in [0.5, 0.6) is 0 Å². The first-order valence-electron chi connectivity index (χ1n) is 10.3. The molecule has 2 aromatic carbocycles. The summed E-state index contributed by atoms with van der Waals surface area (Å²) >= 11 is 0. The van der Waals surface area contributed by atoms with Gasteiger partial charge in [-0.15, -0.1) is 12.4 Å². The number of carbonyl (C=O) groups excluding carboxylic acids is 1. The lowest BCUT2D eigenvalue weighted by Crippen LogP contribution is -2.46. The molecule has 0 aliphatic carbocycles. The number of piperidine rings is 1. The molecule has 1 aliphatic rings. The second-order valence-corrected chi connectivity index (χ2v) is 7.76. The summed E-state index contributed by atoms with van der Waals surface area (Å²) in [5.41, 5.74) is 3.15. The van der Waals surface area contributed by atoms with Gasteiger partial charge >= 0.3 is 0 Å². The molecule has 0 N–H and O–H groups in total. The number of halogens is 1. The van der Waals surface area contributed by atoms with E-state index >= 15 is 0 Å². The monoisotopic (exact) mass is 424 g/mol. The highest BCUT2D eigenvalue weighted by atomic mass is 35.5. The van der Waals surface area contributed by atoms with E-state index in [1.807, 2.05) is 39.9 Å². The standard InChI is InChI=1S/C24H28N4O.ClH/c1-26(15-11-20-5-3-2-4-6-20)22-12-16-27(17-13-22)24(29)21-7-9-23(10-8-21)28-18-14-25-19-28;/h2-10,14,18-19,22H,11-13,15-17H2,1H3;1H. The molecular formula is C24H29ClN4O. The second-order valence-electron chi connectivity index (χ2n) is 7.76. The second kappa shape index (κ2) is 10.4. The fraction of sp³-hybridized carbons (Fsp3) is 0.333. The topological polar surface area (TPSA) is 41.4 Å². The van der Waals surface area contributed by atoms with Crippen molar-refractivity contribution in [2.75, 3.05) is 26.7 Å². The van der Waals surface area contributed by atoms with E-state index in [9.17, 15) is 4.79 Å². The molecule has 0 saturated carbocycles. The normalized spacial score (nSPS) is 14.5. The summed E-state index contributed by atoms with van der Waals surface area (Å²) < 4.78 is 1.94. The first kappa shape index (κ1) is 22.1. The fourth-order valence-electron chi connectivity index (χ4n) is 4.01. The van der Waals surface area contributed by atoms with Crippen LogP contribution in [0.2, 0.25) is 0 Å². The van der Waals surface area contributed by atoms with Crippen molar-refractivity contribution in [3.63, 3.8) is 0 Å². The van der Waals surface area contributed by atoms with Gasteiger partial charge in [0, 0.05) is 49.3 Å². The highest BCUT2D eigenvalue weighted by molar-refractivity contribution is 5.94. The third-order valence-electron chi connectivity index (χ3n) is 5.89. The van der Waals surface area contributed by atoms with Crippen LogP contribution in [0.1, 0.15) is 28.8 Å². The number of amides is 1. The number of imidazole rings is 1. The smallest absolute Gasteiger partial charge is 0.253 e. The van der Waals surface area contributed by atoms with E-state index in [4.69, 9.17) is 0 Å². The van der Waals surface area contributed by atoms with E-state index in [0.29, 0.717) is 6.04 Å². The molecule has 0 spiro atoms. The van der Waals surface area contributed by atoms with Gasteiger partial charge in [0.2, 0.25) is 0 Å². The number of benzene rings is 2. The number of carbonyl (C=O) groups is 1. The van der Waals surface area contributed by atoms with E-state index < -0.39 is 0 Å². The van der Waals surface area contributed by atoms with Gasteiger partial charge in [0.05, 0.1) is 6.33 Å². The predicted molar refractivity (Wildman–Crippen MR) is 123 cm³/mol. The van der Waals surface area contributed by atoms with Crippen molar-refractivity contribution in [1.29, 1.82) is 0 Å². The number of rotatable bonds is 6. The Kier molecular flexibility index (Phi) is 7.66. The van der Waals surface area contributed by atoms with Crippen LogP contribution in [0.25, 0.3) is 5.69 Å². The van der Waals surface area contributed by atoms with Crippen molar-refractivity contribution in [1.82, 2.24) is 19.4 Å². The Morgan fingerprint density at radius 3 is 2.40 bits per heavy atom. The van der Waals surface area contributed by atoms with Crippen LogP contribution in [-0.4, -0.2) is 58.0 Å². The largest absolute Gasteiger partial charge is 0.339 e. The first-order valence-corrected chi connectivity index (χ1v) is 10.3. The van der Waals surface area contributed by atoms with Crippen LogP contribution in [0.15, 0.2) is 73.3 Å². The Bertz CT molecular complexity index is 904. The molecule has 0 atom stereocenters. The third kappa shape index (κ3) is 5.29. The van der Waals surface area contributed by atoms with Gasteiger partial charge in [-0.05, 0) is 56.1 Å². The number of likely N-dealkylation sites (tertiary alicyclic amines) is 1. The Labute approximate surface area is 184 Å². The van der Waals surface area contributed by atoms with E-state index in [0.717, 1.165) is 50.1 Å². The van der Waals surface area contributed by atoms with Gasteiger partial charge in [0.1, 0.15) is 0 Å². The molecule has 158 valence electrons. The minimum Gasteiger partial charge on any atom is -0.339 e. The number of nitrogens with zero attached hydrogens (tertiary/aromatic N) is 4. The van der Waals surface area contributed by atoms with Crippen molar-refractivity contribution in [2.24, 2.45) is 0 Å². The summed E-state index contributed by atoms with van der Waals surface area (Å²) in [5.74, 6) is 0.132. The number of aromatic nitrogens is 2. The molecule has 1 amide bonds. The van der Waals surface area contributed by atoms with Gasteiger partial charge in [-0.3, -0.25) is 4.79 Å². The van der Waals surface area contributed by atoms with Crippen molar-refractivity contribution in [3.05, 3.63) is 84.4 Å². The summed E-state index contributed by atoms with van der Waals surface area (Å²) in [4.78, 5) is 21.4. The van der Waals surface area contributed by atoms with Gasteiger partial charge in [-0.25, -0.2) is 4.98 Å². The Morgan fingerprint density at radius 1 is 1.07 bits per heavy atom. The average molecular weight is 425 g/mol. The zero-order valence-electron chi connectivity index (χ0n) is 17.4. The molecule has 4 rings (SSSR count). The number of hydrogen-bond donors (Lipinski definition) is 0. The zero-order valence-corrected chi connectivity index (χ0v) is 18.2. The Balaban J connectivity index is 0.00000256. The Hall–Kier alpha value is -2.63. The molecule has 0 unspecified atom stereocenters. The first-order chi connectivity index (χ1) is 14.2. The minimum absolute atomic E-state index is 0. The fourth-order valence-corrected chi connectivity index (χ4v) is 4.01. The van der Waals surface area contributed by atoms with Gasteiger partial charge in [-0.2, -0.15) is 0 Å². The lowest BCUT2D eigenvalue weighted by Gasteiger charge is -2.37. The molecule has 1 saturated heterocycles. The van der Waals surface area contributed by atoms with E-state index in [1.165, 1.54) is 5.56 Å². The SMILES string of the molecule is CN(CCc1ccccc1)C1CCN(C(=O)c2ccc(-n3ccnc3)cc2)CC1.Cl. The molecule has 6 heteroatoms. The molecule has 5 nitrogen and oxygen atoms in total. The maximum atomic E-state index is 12.9. The highest BCUT2D eigenvalue weighted by Gasteiger charge is 2.25. The average Bonchev–Trinajstić information content (AvgIpc) is 3.33. The minimum atomic E-state index is 0. The maximum absolute atomic E-state index is 12.9. The van der Waals surface area contributed by atoms with Crippen molar-refractivity contribution in [2.45, 2.75) is 25.3 Å². The molecule has 1 aromatic heterocycles. The molecule has 2 heterocycles. The summed E-state index contributed by atoms with van der Waals surface area (Å²) in [7, 11) is 2.21. The van der Waals surface area contributed by atoms with Crippen LogP contribution in [0.4, 0.5) is 0 Å². The third-order valence-corrected chi connectivity index (χ3v) is 5.89.